The van der Waals surface area contributed by atoms with Crippen molar-refractivity contribution in [3.63, 3.8) is 0 Å². The molecule has 2 N–H and O–H groups in total. The van der Waals surface area contributed by atoms with Gasteiger partial charge in [0.05, 0.1) is 45.0 Å². The summed E-state index contributed by atoms with van der Waals surface area (Å²) in [6.07, 6.45) is -0.113. The number of carbonyl (C=O) groups is 3. The van der Waals surface area contributed by atoms with Crippen LogP contribution in [0.2, 0.25) is 5.02 Å². The number of nitrogens with one attached hydrogen (secondary N) is 2. The van der Waals surface area contributed by atoms with E-state index in [9.17, 15) is 14.4 Å². The molecule has 0 spiro atoms. The average Bonchev–Trinajstić information content (AvgIpc) is 2.72. The van der Waals surface area contributed by atoms with Crippen LogP contribution in [0.3, 0.4) is 0 Å². The molecule has 0 radical (unpaired) electrons. The Hall–Kier alpha value is -3.26. The molecule has 0 saturated heterocycles. The van der Waals surface area contributed by atoms with E-state index in [1.54, 1.807) is 24.3 Å². The van der Waals surface area contributed by atoms with Gasteiger partial charge in [0.2, 0.25) is 11.8 Å². The largest absolute Gasteiger partial charge is 0.493 e. The summed E-state index contributed by atoms with van der Waals surface area (Å²) in [6, 6.07) is 9.14. The van der Waals surface area contributed by atoms with Crippen molar-refractivity contribution in [3.05, 3.63) is 52.5 Å². The molecule has 0 aliphatic heterocycles. The summed E-state index contributed by atoms with van der Waals surface area (Å²) in [7, 11) is 4.10. The summed E-state index contributed by atoms with van der Waals surface area (Å²) < 4.78 is 15.2. The van der Waals surface area contributed by atoms with E-state index in [4.69, 9.17) is 25.8 Å². The topological polar surface area (TPSA) is 103 Å². The van der Waals surface area contributed by atoms with Gasteiger partial charge in [-0.3, -0.25) is 9.59 Å². The number of rotatable bonds is 8. The van der Waals surface area contributed by atoms with E-state index in [-0.39, 0.29) is 23.6 Å². The summed E-state index contributed by atoms with van der Waals surface area (Å²) >= 11 is 6.23. The van der Waals surface area contributed by atoms with Gasteiger partial charge in [-0.25, -0.2) is 4.79 Å². The molecule has 2 aromatic carbocycles. The molecule has 0 saturated carbocycles. The second-order valence-corrected chi connectivity index (χ2v) is 6.68. The zero-order valence-corrected chi connectivity index (χ0v) is 17.8. The van der Waals surface area contributed by atoms with Crippen LogP contribution >= 0.6 is 11.6 Å². The molecule has 0 aliphatic carbocycles. The van der Waals surface area contributed by atoms with E-state index in [0.717, 1.165) is 0 Å². The van der Waals surface area contributed by atoms with Crippen LogP contribution in [0.1, 0.15) is 35.3 Å². The molecule has 2 aromatic rings. The molecule has 2 rings (SSSR count). The summed E-state index contributed by atoms with van der Waals surface area (Å²) in [5.41, 5.74) is 0.882. The van der Waals surface area contributed by atoms with E-state index >= 15 is 0 Å². The molecule has 2 amide bonds. The molecule has 0 aromatic heterocycles. The van der Waals surface area contributed by atoms with Crippen LogP contribution < -0.4 is 20.1 Å². The third-order valence-electron chi connectivity index (χ3n) is 4.25. The Kier molecular flexibility index (Phi) is 8.06. The lowest BCUT2D eigenvalue weighted by molar-refractivity contribution is -0.120. The van der Waals surface area contributed by atoms with Gasteiger partial charge in [-0.15, -0.1) is 0 Å². The van der Waals surface area contributed by atoms with Gasteiger partial charge < -0.3 is 24.8 Å². The van der Waals surface area contributed by atoms with Crippen LogP contribution in [0.15, 0.2) is 36.4 Å². The standard InChI is InChI=1S/C21H23ClN2O6/c1-12(25)23-17(13-7-5-6-8-15(13)22)11-20(26)24-16-10-19(29-3)18(28-2)9-14(16)21(27)30-4/h5-10,17H,11H2,1-4H3,(H,23,25)(H,24,26)/t17-/m1/s1. The maximum atomic E-state index is 12.8. The SMILES string of the molecule is COC(=O)c1cc(OC)c(OC)cc1NC(=O)C[C@@H](NC(C)=O)c1ccccc1Cl. The Morgan fingerprint density at radius 3 is 2.23 bits per heavy atom. The maximum absolute atomic E-state index is 12.8. The fourth-order valence-corrected chi connectivity index (χ4v) is 3.16. The Morgan fingerprint density at radius 1 is 1.03 bits per heavy atom. The molecule has 0 unspecified atom stereocenters. The Labute approximate surface area is 179 Å². The maximum Gasteiger partial charge on any atom is 0.340 e. The highest BCUT2D eigenvalue weighted by Gasteiger charge is 2.23. The van der Waals surface area contributed by atoms with Gasteiger partial charge in [0.1, 0.15) is 0 Å². The molecule has 0 bridgehead atoms. The molecule has 0 aliphatic rings. The molecule has 1 atom stereocenters. The first-order chi connectivity index (χ1) is 14.3. The number of amides is 2. The van der Waals surface area contributed by atoms with E-state index in [2.05, 4.69) is 10.6 Å². The third-order valence-corrected chi connectivity index (χ3v) is 4.59. The van der Waals surface area contributed by atoms with Crippen LogP contribution in [-0.4, -0.2) is 39.1 Å². The average molecular weight is 435 g/mol. The molecule has 8 nitrogen and oxygen atoms in total. The fourth-order valence-electron chi connectivity index (χ4n) is 2.89. The van der Waals surface area contributed by atoms with Crippen LogP contribution in [0, 0.1) is 0 Å². The zero-order chi connectivity index (χ0) is 22.3. The summed E-state index contributed by atoms with van der Waals surface area (Å²) in [6.45, 7) is 1.35. The third kappa shape index (κ3) is 5.64. The lowest BCUT2D eigenvalue weighted by Crippen LogP contribution is -2.30. The summed E-state index contributed by atoms with van der Waals surface area (Å²) in [4.78, 5) is 36.6. The predicted octanol–water partition coefficient (Wildman–Crippen LogP) is 3.35. The van der Waals surface area contributed by atoms with Gasteiger partial charge in [-0.1, -0.05) is 29.8 Å². The number of benzene rings is 2. The summed E-state index contributed by atoms with van der Waals surface area (Å²) in [5.74, 6) is -0.788. The van der Waals surface area contributed by atoms with Crippen LogP contribution in [0.25, 0.3) is 0 Å². The quantitative estimate of drug-likeness (QED) is 0.617. The first kappa shape index (κ1) is 23.0. The molecule has 160 valence electrons. The van der Waals surface area contributed by atoms with E-state index < -0.39 is 17.9 Å². The van der Waals surface area contributed by atoms with Crippen LogP contribution in [0.4, 0.5) is 5.69 Å². The molecule has 0 heterocycles. The van der Waals surface area contributed by atoms with E-state index in [1.165, 1.54) is 40.4 Å². The first-order valence-corrected chi connectivity index (χ1v) is 9.34. The van der Waals surface area contributed by atoms with Crippen molar-refractivity contribution in [2.24, 2.45) is 0 Å². The second-order valence-electron chi connectivity index (χ2n) is 6.27. The lowest BCUT2D eigenvalue weighted by Gasteiger charge is -2.20. The van der Waals surface area contributed by atoms with Crippen molar-refractivity contribution in [1.82, 2.24) is 5.32 Å². The number of halogens is 1. The number of hydrogen-bond donors (Lipinski definition) is 2. The number of anilines is 1. The van der Waals surface area contributed by atoms with Gasteiger partial charge in [-0.2, -0.15) is 0 Å². The smallest absolute Gasteiger partial charge is 0.340 e. The Morgan fingerprint density at radius 2 is 1.67 bits per heavy atom. The number of ether oxygens (including phenoxy) is 3. The monoisotopic (exact) mass is 434 g/mol. The number of hydrogen-bond acceptors (Lipinski definition) is 6. The van der Waals surface area contributed by atoms with Crippen LogP contribution in [0.5, 0.6) is 11.5 Å². The van der Waals surface area contributed by atoms with Crippen LogP contribution in [-0.2, 0) is 14.3 Å². The molecule has 0 fully saturated rings. The molecule has 9 heteroatoms. The van der Waals surface area contributed by atoms with Gasteiger partial charge in [0, 0.05) is 24.1 Å². The minimum Gasteiger partial charge on any atom is -0.493 e. The number of carbonyl (C=O) groups excluding carboxylic acids is 3. The molecular formula is C21H23ClN2O6. The minimum atomic E-state index is -0.657. The number of methoxy groups -OCH3 is 3. The lowest BCUT2D eigenvalue weighted by atomic mass is 10.0. The normalized spacial score (nSPS) is 11.2. The molecule has 30 heavy (non-hydrogen) atoms. The first-order valence-electron chi connectivity index (χ1n) is 8.96. The highest BCUT2D eigenvalue weighted by atomic mass is 35.5. The Balaban J connectivity index is 2.34. The second kappa shape index (κ2) is 10.5. The Bertz CT molecular complexity index is 947. The fraction of sp³-hybridized carbons (Fsp3) is 0.286. The highest BCUT2D eigenvalue weighted by Crippen LogP contribution is 2.34. The van der Waals surface area contributed by atoms with Crippen molar-refractivity contribution in [3.8, 4) is 11.5 Å². The number of esters is 1. The van der Waals surface area contributed by atoms with Gasteiger partial charge >= 0.3 is 5.97 Å². The summed E-state index contributed by atoms with van der Waals surface area (Å²) in [5, 5.41) is 5.82. The highest BCUT2D eigenvalue weighted by molar-refractivity contribution is 6.31. The van der Waals surface area contributed by atoms with Gasteiger partial charge in [0.15, 0.2) is 11.5 Å². The van der Waals surface area contributed by atoms with E-state index in [1.807, 2.05) is 0 Å². The predicted molar refractivity (Wildman–Crippen MR) is 112 cm³/mol. The van der Waals surface area contributed by atoms with Gasteiger partial charge in [0.25, 0.3) is 0 Å². The van der Waals surface area contributed by atoms with Crippen molar-refractivity contribution in [1.29, 1.82) is 0 Å². The molecular weight excluding hydrogens is 412 g/mol. The van der Waals surface area contributed by atoms with Crippen molar-refractivity contribution >= 4 is 35.1 Å². The van der Waals surface area contributed by atoms with E-state index in [0.29, 0.717) is 22.1 Å². The van der Waals surface area contributed by atoms with Crippen molar-refractivity contribution in [2.45, 2.75) is 19.4 Å². The minimum absolute atomic E-state index is 0.0947. The van der Waals surface area contributed by atoms with Gasteiger partial charge in [-0.05, 0) is 11.6 Å². The van der Waals surface area contributed by atoms with Crippen molar-refractivity contribution < 1.29 is 28.6 Å². The zero-order valence-electron chi connectivity index (χ0n) is 17.1. The van der Waals surface area contributed by atoms with Crippen molar-refractivity contribution in [2.75, 3.05) is 26.6 Å².